The number of hydrogen-bond donors (Lipinski definition) is 2. The van der Waals surface area contributed by atoms with E-state index in [1.807, 2.05) is 32.0 Å². The molecule has 0 amide bonds. The van der Waals surface area contributed by atoms with Crippen molar-refractivity contribution in [2.24, 2.45) is 5.73 Å². The third kappa shape index (κ3) is 3.36. The number of carboxylic acid groups (broad SMARTS) is 1. The van der Waals surface area contributed by atoms with Gasteiger partial charge in [-0.15, -0.1) is 0 Å². The molecule has 82 valence electrons. The van der Waals surface area contributed by atoms with Gasteiger partial charge in [0.25, 0.3) is 0 Å². The number of benzene rings is 1. The fourth-order valence-electron chi connectivity index (χ4n) is 1.44. The second-order valence-electron chi connectivity index (χ2n) is 3.88. The molecule has 1 unspecified atom stereocenters. The van der Waals surface area contributed by atoms with E-state index in [-0.39, 0.29) is 12.5 Å². The summed E-state index contributed by atoms with van der Waals surface area (Å²) in [6.45, 7) is 4.07. The molecule has 3 N–H and O–H groups in total. The van der Waals surface area contributed by atoms with E-state index >= 15 is 0 Å². The highest BCUT2D eigenvalue weighted by molar-refractivity contribution is 5.66. The zero-order chi connectivity index (χ0) is 11.4. The molecule has 0 spiro atoms. The first kappa shape index (κ1) is 11.7. The van der Waals surface area contributed by atoms with Crippen LogP contribution in [0.4, 0.5) is 0 Å². The van der Waals surface area contributed by atoms with Gasteiger partial charge in [-0.25, -0.2) is 0 Å². The molecule has 0 fully saturated rings. The monoisotopic (exact) mass is 207 g/mol. The van der Waals surface area contributed by atoms with Gasteiger partial charge in [0.15, 0.2) is 0 Å². The summed E-state index contributed by atoms with van der Waals surface area (Å²) in [5, 5.41) is 8.55. The molecule has 0 aromatic heterocycles. The Morgan fingerprint density at radius 1 is 1.40 bits per heavy atom. The topological polar surface area (TPSA) is 63.3 Å². The van der Waals surface area contributed by atoms with Crippen LogP contribution in [-0.2, 0) is 4.79 Å². The number of carboxylic acids is 1. The van der Waals surface area contributed by atoms with Crippen LogP contribution in [0.1, 0.15) is 35.6 Å². The fourth-order valence-corrected chi connectivity index (χ4v) is 1.44. The Hall–Kier alpha value is -1.35. The van der Waals surface area contributed by atoms with Crippen molar-refractivity contribution in [3.63, 3.8) is 0 Å². The molecule has 1 rings (SSSR count). The van der Waals surface area contributed by atoms with Crippen molar-refractivity contribution in [1.82, 2.24) is 0 Å². The third-order valence-corrected chi connectivity index (χ3v) is 2.63. The molecule has 0 aliphatic carbocycles. The van der Waals surface area contributed by atoms with Gasteiger partial charge in [0.2, 0.25) is 0 Å². The van der Waals surface area contributed by atoms with Gasteiger partial charge in [0.05, 0.1) is 0 Å². The molecule has 1 aromatic carbocycles. The maximum Gasteiger partial charge on any atom is 0.303 e. The first-order valence-electron chi connectivity index (χ1n) is 5.05. The van der Waals surface area contributed by atoms with Crippen LogP contribution in [0.15, 0.2) is 18.2 Å². The molecule has 0 radical (unpaired) electrons. The summed E-state index contributed by atoms with van der Waals surface area (Å²) in [5.41, 5.74) is 9.33. The highest BCUT2D eigenvalue weighted by atomic mass is 16.4. The Bertz CT molecular complexity index is 361. The van der Waals surface area contributed by atoms with Crippen LogP contribution in [0.5, 0.6) is 0 Å². The molecule has 0 aliphatic heterocycles. The van der Waals surface area contributed by atoms with Gasteiger partial charge in [-0.3, -0.25) is 4.79 Å². The largest absolute Gasteiger partial charge is 0.481 e. The van der Waals surface area contributed by atoms with Crippen LogP contribution in [0.25, 0.3) is 0 Å². The van der Waals surface area contributed by atoms with E-state index in [2.05, 4.69) is 0 Å². The van der Waals surface area contributed by atoms with Crippen molar-refractivity contribution in [3.8, 4) is 0 Å². The van der Waals surface area contributed by atoms with E-state index < -0.39 is 5.97 Å². The minimum atomic E-state index is -0.797. The summed E-state index contributed by atoms with van der Waals surface area (Å²) in [5.74, 6) is -0.797. The Kier molecular flexibility index (Phi) is 3.86. The van der Waals surface area contributed by atoms with Gasteiger partial charge in [0.1, 0.15) is 0 Å². The number of hydrogen-bond acceptors (Lipinski definition) is 2. The lowest BCUT2D eigenvalue weighted by molar-refractivity contribution is -0.137. The van der Waals surface area contributed by atoms with Crippen LogP contribution in [0.2, 0.25) is 0 Å². The van der Waals surface area contributed by atoms with E-state index in [0.717, 1.165) is 5.56 Å². The standard InChI is InChI=1S/C12H17NO2/c1-8-3-4-10(7-9(8)2)11(13)5-6-12(14)15/h3-4,7,11H,5-6,13H2,1-2H3,(H,14,15). The molecular formula is C12H17NO2. The van der Waals surface area contributed by atoms with Crippen molar-refractivity contribution >= 4 is 5.97 Å². The van der Waals surface area contributed by atoms with E-state index in [1.54, 1.807) is 0 Å². The van der Waals surface area contributed by atoms with Crippen LogP contribution in [-0.4, -0.2) is 11.1 Å². The lowest BCUT2D eigenvalue weighted by atomic mass is 9.99. The van der Waals surface area contributed by atoms with E-state index in [0.29, 0.717) is 6.42 Å². The van der Waals surface area contributed by atoms with Crippen LogP contribution in [0.3, 0.4) is 0 Å². The van der Waals surface area contributed by atoms with Crippen molar-refractivity contribution < 1.29 is 9.90 Å². The summed E-state index contributed by atoms with van der Waals surface area (Å²) < 4.78 is 0. The smallest absolute Gasteiger partial charge is 0.303 e. The van der Waals surface area contributed by atoms with Crippen molar-refractivity contribution in [3.05, 3.63) is 34.9 Å². The summed E-state index contributed by atoms with van der Waals surface area (Å²) >= 11 is 0. The molecule has 0 aliphatic rings. The highest BCUT2D eigenvalue weighted by Crippen LogP contribution is 2.18. The highest BCUT2D eigenvalue weighted by Gasteiger charge is 2.08. The van der Waals surface area contributed by atoms with Crippen molar-refractivity contribution in [1.29, 1.82) is 0 Å². The number of nitrogens with two attached hydrogens (primary N) is 1. The molecule has 0 saturated heterocycles. The minimum absolute atomic E-state index is 0.119. The van der Waals surface area contributed by atoms with Gasteiger partial charge in [0, 0.05) is 12.5 Å². The zero-order valence-corrected chi connectivity index (χ0v) is 9.16. The van der Waals surface area contributed by atoms with Gasteiger partial charge < -0.3 is 10.8 Å². The predicted molar refractivity (Wildman–Crippen MR) is 59.7 cm³/mol. The first-order chi connectivity index (χ1) is 7.00. The fraction of sp³-hybridized carbons (Fsp3) is 0.417. The van der Waals surface area contributed by atoms with Crippen LogP contribution >= 0.6 is 0 Å². The average Bonchev–Trinajstić information content (AvgIpc) is 2.18. The van der Waals surface area contributed by atoms with Gasteiger partial charge in [-0.1, -0.05) is 18.2 Å². The Morgan fingerprint density at radius 3 is 2.60 bits per heavy atom. The minimum Gasteiger partial charge on any atom is -0.481 e. The number of carbonyl (C=O) groups is 1. The molecule has 0 heterocycles. The second-order valence-corrected chi connectivity index (χ2v) is 3.88. The predicted octanol–water partition coefficient (Wildman–Crippen LogP) is 2.17. The van der Waals surface area contributed by atoms with Gasteiger partial charge in [-0.05, 0) is 37.0 Å². The lowest BCUT2D eigenvalue weighted by Gasteiger charge is -2.12. The number of aryl methyl sites for hydroxylation is 2. The number of aliphatic carboxylic acids is 1. The zero-order valence-electron chi connectivity index (χ0n) is 9.16. The van der Waals surface area contributed by atoms with Crippen molar-refractivity contribution in [2.75, 3.05) is 0 Å². The molecule has 3 heteroatoms. The molecule has 15 heavy (non-hydrogen) atoms. The van der Waals surface area contributed by atoms with E-state index in [9.17, 15) is 4.79 Å². The summed E-state index contributed by atoms with van der Waals surface area (Å²) in [4.78, 5) is 10.4. The molecule has 0 saturated carbocycles. The quantitative estimate of drug-likeness (QED) is 0.795. The number of rotatable bonds is 4. The normalized spacial score (nSPS) is 12.5. The van der Waals surface area contributed by atoms with Crippen LogP contribution < -0.4 is 5.73 Å². The average molecular weight is 207 g/mol. The summed E-state index contributed by atoms with van der Waals surface area (Å²) in [7, 11) is 0. The van der Waals surface area contributed by atoms with Crippen LogP contribution in [0, 0.1) is 13.8 Å². The molecule has 0 bridgehead atoms. The maximum atomic E-state index is 10.4. The second kappa shape index (κ2) is 4.94. The lowest BCUT2D eigenvalue weighted by Crippen LogP contribution is -2.12. The molecule has 1 atom stereocenters. The third-order valence-electron chi connectivity index (χ3n) is 2.63. The maximum absolute atomic E-state index is 10.4. The molecular weight excluding hydrogens is 190 g/mol. The van der Waals surface area contributed by atoms with E-state index in [4.69, 9.17) is 10.8 Å². The van der Waals surface area contributed by atoms with E-state index in [1.165, 1.54) is 11.1 Å². The Labute approximate surface area is 89.9 Å². The molecule has 1 aromatic rings. The Balaban J connectivity index is 2.69. The SMILES string of the molecule is Cc1ccc(C(N)CCC(=O)O)cc1C. The van der Waals surface area contributed by atoms with Crippen molar-refractivity contribution in [2.45, 2.75) is 32.7 Å². The van der Waals surface area contributed by atoms with Gasteiger partial charge >= 0.3 is 5.97 Å². The summed E-state index contributed by atoms with van der Waals surface area (Å²) in [6, 6.07) is 5.84. The summed E-state index contributed by atoms with van der Waals surface area (Å²) in [6.07, 6.45) is 0.603. The first-order valence-corrected chi connectivity index (χ1v) is 5.05. The Morgan fingerprint density at radius 2 is 2.07 bits per heavy atom. The van der Waals surface area contributed by atoms with Gasteiger partial charge in [-0.2, -0.15) is 0 Å². The molecule has 3 nitrogen and oxygen atoms in total.